The smallest absolute Gasteiger partial charge is 0.411 e. The zero-order valence-corrected chi connectivity index (χ0v) is 15.4. The van der Waals surface area contributed by atoms with Crippen LogP contribution in [0.2, 0.25) is 0 Å². The highest BCUT2D eigenvalue weighted by Crippen LogP contribution is 2.17. The van der Waals surface area contributed by atoms with Crippen LogP contribution in [0.15, 0.2) is 43.0 Å². The van der Waals surface area contributed by atoms with Gasteiger partial charge >= 0.3 is 12.1 Å². The molecular formula is C19H27NO5. The van der Waals surface area contributed by atoms with Crippen molar-refractivity contribution in [3.8, 4) is 0 Å². The summed E-state index contributed by atoms with van der Waals surface area (Å²) in [6.45, 7) is 9.23. The lowest BCUT2D eigenvalue weighted by Crippen LogP contribution is -2.41. The van der Waals surface area contributed by atoms with Crippen molar-refractivity contribution in [3.63, 3.8) is 0 Å². The van der Waals surface area contributed by atoms with E-state index < -0.39 is 18.1 Å². The monoisotopic (exact) mass is 349 g/mol. The van der Waals surface area contributed by atoms with E-state index in [4.69, 9.17) is 4.74 Å². The van der Waals surface area contributed by atoms with E-state index in [2.05, 4.69) is 11.3 Å². The van der Waals surface area contributed by atoms with Crippen LogP contribution in [0.3, 0.4) is 0 Å². The molecule has 0 aromatic heterocycles. The number of carbonyl (C=O) groups excluding carboxylic acids is 3. The summed E-state index contributed by atoms with van der Waals surface area (Å²) in [4.78, 5) is 36.0. The molecule has 1 heterocycles. The first-order chi connectivity index (χ1) is 12.0. The molecule has 1 aromatic rings. The van der Waals surface area contributed by atoms with E-state index in [1.54, 1.807) is 6.08 Å². The zero-order valence-electron chi connectivity index (χ0n) is 15.4. The molecule has 1 aliphatic rings. The van der Waals surface area contributed by atoms with Crippen molar-refractivity contribution in [2.24, 2.45) is 0 Å². The molecule has 0 spiro atoms. The Morgan fingerprint density at radius 1 is 1.28 bits per heavy atom. The first-order valence-electron chi connectivity index (χ1n) is 8.17. The van der Waals surface area contributed by atoms with Crippen LogP contribution >= 0.6 is 0 Å². The quantitative estimate of drug-likeness (QED) is 0.618. The van der Waals surface area contributed by atoms with Crippen LogP contribution in [-0.4, -0.2) is 42.4 Å². The van der Waals surface area contributed by atoms with Gasteiger partial charge in [-0.3, -0.25) is 9.69 Å². The minimum atomic E-state index is -0.879. The van der Waals surface area contributed by atoms with Crippen molar-refractivity contribution in [2.45, 2.75) is 39.8 Å². The van der Waals surface area contributed by atoms with E-state index in [-0.39, 0.29) is 25.4 Å². The molecular weight excluding hydrogens is 322 g/mol. The van der Waals surface area contributed by atoms with Gasteiger partial charge in [0.1, 0.15) is 12.6 Å². The molecule has 2 rings (SSSR count). The van der Waals surface area contributed by atoms with E-state index in [9.17, 15) is 14.4 Å². The third kappa shape index (κ3) is 7.65. The van der Waals surface area contributed by atoms with Crippen molar-refractivity contribution in [1.82, 2.24) is 4.90 Å². The van der Waals surface area contributed by atoms with Crippen LogP contribution in [0.25, 0.3) is 0 Å². The average Bonchev–Trinajstić information content (AvgIpc) is 3.04. The maximum Gasteiger partial charge on any atom is 0.411 e. The van der Waals surface area contributed by atoms with E-state index in [0.29, 0.717) is 0 Å². The SMILES string of the molecule is C=CC.CC.COC(=O)C1CC(=O)CN1C(=O)OCc1ccccc1. The molecule has 1 amide bonds. The summed E-state index contributed by atoms with van der Waals surface area (Å²) in [6.07, 6.45) is 1.04. The fraction of sp³-hybridized carbons (Fsp3) is 0.421. The number of ether oxygens (including phenoxy) is 2. The molecule has 138 valence electrons. The normalized spacial score (nSPS) is 15.1. The average molecular weight is 349 g/mol. The fourth-order valence-electron chi connectivity index (χ4n) is 2.03. The molecule has 1 unspecified atom stereocenters. The largest absolute Gasteiger partial charge is 0.467 e. The summed E-state index contributed by atoms with van der Waals surface area (Å²) in [5.74, 6) is -0.787. The van der Waals surface area contributed by atoms with Crippen LogP contribution in [0.1, 0.15) is 32.8 Å². The third-order valence-electron chi connectivity index (χ3n) is 3.06. The van der Waals surface area contributed by atoms with Gasteiger partial charge in [0.05, 0.1) is 13.7 Å². The van der Waals surface area contributed by atoms with E-state index in [0.717, 1.165) is 10.5 Å². The van der Waals surface area contributed by atoms with Crippen LogP contribution in [0, 0.1) is 0 Å². The zero-order chi connectivity index (χ0) is 19.2. The molecule has 6 heteroatoms. The first kappa shape index (κ1) is 22.4. The highest BCUT2D eigenvalue weighted by Gasteiger charge is 2.40. The number of hydrogen-bond donors (Lipinski definition) is 0. The number of likely N-dealkylation sites (tertiary alicyclic amines) is 1. The fourth-order valence-corrected chi connectivity index (χ4v) is 2.03. The van der Waals surface area contributed by atoms with Crippen LogP contribution in [-0.2, 0) is 25.7 Å². The van der Waals surface area contributed by atoms with E-state index in [1.165, 1.54) is 7.11 Å². The number of hydrogen-bond acceptors (Lipinski definition) is 5. The molecule has 1 fully saturated rings. The molecule has 6 nitrogen and oxygen atoms in total. The van der Waals surface area contributed by atoms with Gasteiger partial charge in [-0.05, 0) is 12.5 Å². The Morgan fingerprint density at radius 2 is 1.84 bits per heavy atom. The molecule has 1 aliphatic heterocycles. The Bertz CT molecular complexity index is 556. The third-order valence-corrected chi connectivity index (χ3v) is 3.06. The first-order valence-corrected chi connectivity index (χ1v) is 8.17. The van der Waals surface area contributed by atoms with Gasteiger partial charge in [0.25, 0.3) is 0 Å². The van der Waals surface area contributed by atoms with Gasteiger partial charge in [0, 0.05) is 6.42 Å². The van der Waals surface area contributed by atoms with Gasteiger partial charge in [-0.25, -0.2) is 9.59 Å². The second-order valence-corrected chi connectivity index (χ2v) is 4.86. The Morgan fingerprint density at radius 3 is 2.36 bits per heavy atom. The van der Waals surface area contributed by atoms with Crippen molar-refractivity contribution < 1.29 is 23.9 Å². The number of methoxy groups -OCH3 is 1. The topological polar surface area (TPSA) is 72.9 Å². The minimum Gasteiger partial charge on any atom is -0.467 e. The van der Waals surface area contributed by atoms with Gasteiger partial charge in [-0.2, -0.15) is 0 Å². The molecule has 0 aliphatic carbocycles. The molecule has 0 N–H and O–H groups in total. The van der Waals surface area contributed by atoms with Crippen molar-refractivity contribution in [2.75, 3.05) is 13.7 Å². The van der Waals surface area contributed by atoms with Gasteiger partial charge < -0.3 is 9.47 Å². The number of esters is 1. The highest BCUT2D eigenvalue weighted by molar-refractivity contribution is 5.95. The predicted octanol–water partition coefficient (Wildman–Crippen LogP) is 3.36. The summed E-state index contributed by atoms with van der Waals surface area (Å²) in [6, 6.07) is 8.29. The number of amides is 1. The maximum absolute atomic E-state index is 11.9. The molecule has 1 saturated heterocycles. The second-order valence-electron chi connectivity index (χ2n) is 4.86. The Labute approximate surface area is 149 Å². The molecule has 0 radical (unpaired) electrons. The summed E-state index contributed by atoms with van der Waals surface area (Å²) in [5, 5.41) is 0. The molecule has 1 atom stereocenters. The van der Waals surface area contributed by atoms with Crippen molar-refractivity contribution >= 4 is 17.8 Å². The van der Waals surface area contributed by atoms with Gasteiger partial charge in [-0.1, -0.05) is 50.3 Å². The summed E-state index contributed by atoms with van der Waals surface area (Å²) in [7, 11) is 1.22. The number of ketones is 1. The summed E-state index contributed by atoms with van der Waals surface area (Å²) >= 11 is 0. The van der Waals surface area contributed by atoms with Crippen LogP contribution in [0.5, 0.6) is 0 Å². The van der Waals surface area contributed by atoms with Gasteiger partial charge in [-0.15, -0.1) is 6.58 Å². The lowest BCUT2D eigenvalue weighted by Gasteiger charge is -2.21. The summed E-state index contributed by atoms with van der Waals surface area (Å²) in [5.41, 5.74) is 0.834. The predicted molar refractivity (Wildman–Crippen MR) is 96.0 cm³/mol. The highest BCUT2D eigenvalue weighted by atomic mass is 16.6. The lowest BCUT2D eigenvalue weighted by atomic mass is 10.2. The number of allylic oxidation sites excluding steroid dienone is 1. The van der Waals surface area contributed by atoms with E-state index >= 15 is 0 Å². The van der Waals surface area contributed by atoms with E-state index in [1.807, 2.05) is 51.1 Å². The lowest BCUT2D eigenvalue weighted by molar-refractivity contribution is -0.145. The Kier molecular flexibility index (Phi) is 11.4. The second kappa shape index (κ2) is 12.8. The molecule has 25 heavy (non-hydrogen) atoms. The minimum absolute atomic E-state index is 0.0207. The standard InChI is InChI=1S/C14H15NO5.C3H6.C2H6/c1-19-13(17)12-7-11(16)8-15(12)14(18)20-9-10-5-3-2-4-6-10;1-3-2;1-2/h2-6,12H,7-9H2,1H3;3H,1H2,2H3;1-2H3. The molecule has 1 aromatic carbocycles. The van der Waals surface area contributed by atoms with Gasteiger partial charge in [0.2, 0.25) is 0 Å². The number of Topliss-reactive ketones (excluding diaryl/α,β-unsaturated/α-hetero) is 1. The van der Waals surface area contributed by atoms with Gasteiger partial charge in [0.15, 0.2) is 5.78 Å². The van der Waals surface area contributed by atoms with Crippen molar-refractivity contribution in [1.29, 1.82) is 0 Å². The number of nitrogens with zero attached hydrogens (tertiary/aromatic N) is 1. The number of rotatable bonds is 3. The summed E-state index contributed by atoms with van der Waals surface area (Å²) < 4.78 is 9.70. The maximum atomic E-state index is 11.9. The van der Waals surface area contributed by atoms with Crippen molar-refractivity contribution in [3.05, 3.63) is 48.6 Å². The number of benzene rings is 1. The number of carbonyl (C=O) groups is 3. The van der Waals surface area contributed by atoms with Crippen LogP contribution < -0.4 is 0 Å². The molecule has 0 bridgehead atoms. The Hall–Kier alpha value is -2.63. The molecule has 0 saturated carbocycles. The Balaban J connectivity index is 0.00000104. The van der Waals surface area contributed by atoms with Crippen LogP contribution in [0.4, 0.5) is 4.79 Å².